The summed E-state index contributed by atoms with van der Waals surface area (Å²) in [5, 5.41) is 3.73. The van der Waals surface area contributed by atoms with Crippen LogP contribution in [0.3, 0.4) is 0 Å². The number of rotatable bonds is 5. The zero-order valence-corrected chi connectivity index (χ0v) is 22.2. The molecule has 3 aliphatic heterocycles. The Labute approximate surface area is 209 Å². The monoisotopic (exact) mass is 558 g/mol. The number of halogens is 1. The van der Waals surface area contributed by atoms with Crippen molar-refractivity contribution in [3.63, 3.8) is 0 Å². The van der Waals surface area contributed by atoms with Crippen LogP contribution in [-0.4, -0.2) is 79.2 Å². The minimum Gasteiger partial charge on any atom is -0.381 e. The summed E-state index contributed by atoms with van der Waals surface area (Å²) in [4.78, 5) is 9.92. The smallest absolute Gasteiger partial charge is 0.193 e. The van der Waals surface area contributed by atoms with Crippen molar-refractivity contribution in [3.05, 3.63) is 35.9 Å². The van der Waals surface area contributed by atoms with Gasteiger partial charge in [0.15, 0.2) is 5.96 Å². The van der Waals surface area contributed by atoms with Crippen molar-refractivity contribution < 1.29 is 4.74 Å². The van der Waals surface area contributed by atoms with E-state index in [1.807, 2.05) is 18.8 Å². The van der Waals surface area contributed by atoms with Gasteiger partial charge in [-0.25, -0.2) is 0 Å². The van der Waals surface area contributed by atoms with Gasteiger partial charge in [-0.3, -0.25) is 9.89 Å². The van der Waals surface area contributed by atoms with Crippen LogP contribution in [0.5, 0.6) is 0 Å². The summed E-state index contributed by atoms with van der Waals surface area (Å²) >= 11 is 1.99. The molecule has 0 amide bonds. The van der Waals surface area contributed by atoms with Gasteiger partial charge in [-0.05, 0) is 56.4 Å². The Morgan fingerprint density at radius 2 is 1.97 bits per heavy atom. The van der Waals surface area contributed by atoms with Crippen LogP contribution >= 0.6 is 35.7 Å². The van der Waals surface area contributed by atoms with E-state index in [0.717, 1.165) is 64.1 Å². The van der Waals surface area contributed by atoms with E-state index in [2.05, 4.69) is 56.7 Å². The standard InChI is InChI=1S/C24H38N4OS.HI/c1-25-23(26-19-24(30-2)11-15-29-16-12-24)28-14-10-22-21(18-28)9-6-13-27(22)17-20-7-4-3-5-8-20;/h3-5,7-8,21-22H,6,9-19H2,1-2H3,(H,25,26);1H. The molecule has 0 radical (unpaired) electrons. The van der Waals surface area contributed by atoms with Gasteiger partial charge in [-0.1, -0.05) is 30.3 Å². The predicted molar refractivity (Wildman–Crippen MR) is 143 cm³/mol. The first kappa shape index (κ1) is 25.1. The van der Waals surface area contributed by atoms with Gasteiger partial charge < -0.3 is 15.0 Å². The molecule has 2 unspecified atom stereocenters. The van der Waals surface area contributed by atoms with Gasteiger partial charge in [-0.15, -0.1) is 24.0 Å². The van der Waals surface area contributed by atoms with Crippen LogP contribution in [-0.2, 0) is 11.3 Å². The maximum Gasteiger partial charge on any atom is 0.193 e. The Bertz CT molecular complexity index is 698. The molecule has 5 nitrogen and oxygen atoms in total. The molecule has 2 atom stereocenters. The van der Waals surface area contributed by atoms with Crippen LogP contribution in [0.15, 0.2) is 35.3 Å². The summed E-state index contributed by atoms with van der Waals surface area (Å²) in [6.07, 6.45) is 8.37. The third-order valence-electron chi connectivity index (χ3n) is 7.33. The van der Waals surface area contributed by atoms with E-state index in [9.17, 15) is 0 Å². The number of thioether (sulfide) groups is 1. The lowest BCUT2D eigenvalue weighted by Gasteiger charge is -2.48. The Morgan fingerprint density at radius 1 is 1.19 bits per heavy atom. The van der Waals surface area contributed by atoms with E-state index < -0.39 is 0 Å². The second-order valence-corrected chi connectivity index (χ2v) is 10.3. The highest BCUT2D eigenvalue weighted by molar-refractivity contribution is 14.0. The van der Waals surface area contributed by atoms with Crippen molar-refractivity contribution in [2.45, 2.75) is 49.4 Å². The van der Waals surface area contributed by atoms with Gasteiger partial charge in [0, 0.05) is 57.2 Å². The first-order valence-electron chi connectivity index (χ1n) is 11.6. The summed E-state index contributed by atoms with van der Waals surface area (Å²) in [6, 6.07) is 11.7. The van der Waals surface area contributed by atoms with E-state index >= 15 is 0 Å². The van der Waals surface area contributed by atoms with Crippen LogP contribution in [0, 0.1) is 5.92 Å². The number of likely N-dealkylation sites (tertiary alicyclic amines) is 2. The molecule has 0 bridgehead atoms. The molecule has 7 heteroatoms. The molecular formula is C24H39IN4OS. The van der Waals surface area contributed by atoms with Crippen molar-refractivity contribution in [1.82, 2.24) is 15.1 Å². The number of benzene rings is 1. The number of nitrogens with zero attached hydrogens (tertiary/aromatic N) is 3. The first-order chi connectivity index (χ1) is 14.7. The molecule has 4 rings (SSSR count). The Balaban J connectivity index is 0.00000272. The lowest BCUT2D eigenvalue weighted by Crippen LogP contribution is -2.57. The second-order valence-electron chi connectivity index (χ2n) is 9.06. The Kier molecular flexibility index (Phi) is 9.80. The van der Waals surface area contributed by atoms with Crippen LogP contribution in [0.4, 0.5) is 0 Å². The lowest BCUT2D eigenvalue weighted by molar-refractivity contribution is 0.0370. The molecule has 3 heterocycles. The zero-order chi connectivity index (χ0) is 20.8. The van der Waals surface area contributed by atoms with Gasteiger partial charge >= 0.3 is 0 Å². The van der Waals surface area contributed by atoms with Crippen molar-refractivity contribution >= 4 is 41.7 Å². The predicted octanol–water partition coefficient (Wildman–Crippen LogP) is 4.08. The van der Waals surface area contributed by atoms with Crippen LogP contribution < -0.4 is 5.32 Å². The van der Waals surface area contributed by atoms with E-state index in [0.29, 0.717) is 6.04 Å². The highest BCUT2D eigenvalue weighted by atomic mass is 127. The molecule has 0 aromatic heterocycles. The average Bonchev–Trinajstić information content (AvgIpc) is 2.81. The summed E-state index contributed by atoms with van der Waals surface area (Å²) in [5.74, 6) is 1.83. The normalized spacial score (nSPS) is 26.6. The Hall–Kier alpha value is -0.510. The molecule has 0 aliphatic carbocycles. The topological polar surface area (TPSA) is 40.1 Å². The van der Waals surface area contributed by atoms with E-state index in [4.69, 9.17) is 4.74 Å². The van der Waals surface area contributed by atoms with E-state index in [1.54, 1.807) is 0 Å². The largest absolute Gasteiger partial charge is 0.381 e. The molecule has 31 heavy (non-hydrogen) atoms. The number of hydrogen-bond acceptors (Lipinski definition) is 4. The molecule has 1 aromatic rings. The van der Waals surface area contributed by atoms with Gasteiger partial charge in [0.05, 0.1) is 0 Å². The number of nitrogens with one attached hydrogen (secondary N) is 1. The van der Waals surface area contributed by atoms with E-state index in [1.165, 1.54) is 31.4 Å². The van der Waals surface area contributed by atoms with Crippen molar-refractivity contribution in [2.75, 3.05) is 52.7 Å². The molecule has 3 aliphatic rings. The summed E-state index contributed by atoms with van der Waals surface area (Å²) in [6.45, 7) is 7.30. The summed E-state index contributed by atoms with van der Waals surface area (Å²) in [5.41, 5.74) is 1.44. The molecule has 0 saturated carbocycles. The van der Waals surface area contributed by atoms with Gasteiger partial charge in [0.2, 0.25) is 0 Å². The number of hydrogen-bond donors (Lipinski definition) is 1. The van der Waals surface area contributed by atoms with Crippen LogP contribution in [0.2, 0.25) is 0 Å². The highest BCUT2D eigenvalue weighted by Crippen LogP contribution is 2.34. The third kappa shape index (κ3) is 6.30. The minimum atomic E-state index is 0. The molecule has 1 aromatic carbocycles. The highest BCUT2D eigenvalue weighted by Gasteiger charge is 2.37. The van der Waals surface area contributed by atoms with Gasteiger partial charge in [-0.2, -0.15) is 11.8 Å². The molecule has 1 N–H and O–H groups in total. The maximum absolute atomic E-state index is 5.60. The van der Waals surface area contributed by atoms with Crippen molar-refractivity contribution in [1.29, 1.82) is 0 Å². The number of piperidine rings is 2. The van der Waals surface area contributed by atoms with Crippen LogP contribution in [0.25, 0.3) is 0 Å². The fourth-order valence-electron chi connectivity index (χ4n) is 5.48. The first-order valence-corrected chi connectivity index (χ1v) is 12.8. The fourth-order valence-corrected chi connectivity index (χ4v) is 6.27. The quantitative estimate of drug-likeness (QED) is 0.335. The number of ether oxygens (including phenoxy) is 1. The molecule has 174 valence electrons. The molecule has 3 fully saturated rings. The van der Waals surface area contributed by atoms with Gasteiger partial charge in [0.25, 0.3) is 0 Å². The molecule has 3 saturated heterocycles. The third-order valence-corrected chi connectivity index (χ3v) is 8.75. The van der Waals surface area contributed by atoms with Crippen LogP contribution in [0.1, 0.15) is 37.7 Å². The zero-order valence-electron chi connectivity index (χ0n) is 19.1. The lowest BCUT2D eigenvalue weighted by atomic mass is 9.83. The van der Waals surface area contributed by atoms with Crippen molar-refractivity contribution in [2.24, 2.45) is 10.9 Å². The second kappa shape index (κ2) is 12.1. The number of aliphatic imine (C=N–C) groups is 1. The summed E-state index contributed by atoms with van der Waals surface area (Å²) < 4.78 is 5.88. The van der Waals surface area contributed by atoms with Gasteiger partial charge in [0.1, 0.15) is 0 Å². The van der Waals surface area contributed by atoms with E-state index in [-0.39, 0.29) is 28.7 Å². The SMILES string of the molecule is CN=C(NCC1(SC)CCOCC1)N1CCC2C(CCCN2Cc2ccccc2)C1.I. The van der Waals surface area contributed by atoms with Crippen molar-refractivity contribution in [3.8, 4) is 0 Å². The number of guanidine groups is 1. The fraction of sp³-hybridized carbons (Fsp3) is 0.708. The average molecular weight is 559 g/mol. The maximum atomic E-state index is 5.60. The molecular weight excluding hydrogens is 519 g/mol. The summed E-state index contributed by atoms with van der Waals surface area (Å²) in [7, 11) is 1.94. The minimum absolute atomic E-state index is 0. The Morgan fingerprint density at radius 3 is 2.68 bits per heavy atom. The number of fused-ring (bicyclic) bond motifs is 1. The molecule has 0 spiro atoms.